The predicted octanol–water partition coefficient (Wildman–Crippen LogP) is 0.987. The molecule has 1 heterocycles. The van der Waals surface area contributed by atoms with Crippen LogP contribution in [0.25, 0.3) is 11.3 Å². The van der Waals surface area contributed by atoms with Crippen LogP contribution in [0.4, 0.5) is 10.5 Å². The molecule has 4 N–H and O–H groups in total. The molecule has 0 aliphatic heterocycles. The van der Waals surface area contributed by atoms with E-state index in [2.05, 4.69) is 20.7 Å². The molecule has 0 fully saturated rings. The summed E-state index contributed by atoms with van der Waals surface area (Å²) in [5, 5.41) is 20.9. The number of nitrogens with one attached hydrogen (secondary N) is 2. The Morgan fingerprint density at radius 1 is 1.55 bits per heavy atom. The molecule has 1 aromatic heterocycles. The molecule has 0 spiro atoms. The van der Waals surface area contributed by atoms with Gasteiger partial charge in [0.1, 0.15) is 0 Å². The molecule has 2 amide bonds. The first-order chi connectivity index (χ1) is 9.58. The number of carbonyl (C=O) groups excluding carboxylic acids is 1. The summed E-state index contributed by atoms with van der Waals surface area (Å²) < 4.78 is 0. The molecule has 0 bridgehead atoms. The standard InChI is InChI=1S/C11H10N6O3/c12-11(18)16-14-6-8-5-13-15-10(8)7-2-1-3-9(4-7)17(19)20/h1-6H,(H,13,15)(H3,12,16,18). The molecule has 9 nitrogen and oxygen atoms in total. The molecule has 0 atom stereocenters. The molecule has 1 aromatic carbocycles. The van der Waals surface area contributed by atoms with Gasteiger partial charge in [-0.2, -0.15) is 10.2 Å². The number of aromatic amines is 1. The zero-order valence-corrected chi connectivity index (χ0v) is 10.1. The SMILES string of the molecule is NC(=O)NN=Cc1cn[nH]c1-c1cccc([N+](=O)[O-])c1. The van der Waals surface area contributed by atoms with Crippen LogP contribution >= 0.6 is 0 Å². The van der Waals surface area contributed by atoms with Crippen molar-refractivity contribution in [1.82, 2.24) is 15.6 Å². The molecule has 20 heavy (non-hydrogen) atoms. The summed E-state index contributed by atoms with van der Waals surface area (Å²) in [4.78, 5) is 20.8. The van der Waals surface area contributed by atoms with Crippen LogP contribution in [-0.4, -0.2) is 27.4 Å². The van der Waals surface area contributed by atoms with E-state index in [1.807, 2.05) is 0 Å². The number of hydrazone groups is 1. The van der Waals surface area contributed by atoms with Gasteiger partial charge in [-0.3, -0.25) is 15.2 Å². The van der Waals surface area contributed by atoms with Crippen molar-refractivity contribution in [2.24, 2.45) is 10.8 Å². The Kier molecular flexibility index (Phi) is 3.70. The van der Waals surface area contributed by atoms with Crippen LogP contribution in [0.15, 0.2) is 35.6 Å². The number of H-pyrrole nitrogens is 1. The average molecular weight is 274 g/mol. The van der Waals surface area contributed by atoms with Crippen molar-refractivity contribution in [2.45, 2.75) is 0 Å². The number of nitrogens with zero attached hydrogens (tertiary/aromatic N) is 3. The molecular formula is C11H10N6O3. The molecule has 0 aliphatic rings. The number of nitrogens with two attached hydrogens (primary N) is 1. The Bertz CT molecular complexity index is 678. The lowest BCUT2D eigenvalue weighted by Gasteiger charge is -1.99. The number of nitro benzene ring substituents is 1. The zero-order chi connectivity index (χ0) is 14.5. The van der Waals surface area contributed by atoms with E-state index in [0.717, 1.165) is 0 Å². The van der Waals surface area contributed by atoms with Crippen LogP contribution in [-0.2, 0) is 0 Å². The van der Waals surface area contributed by atoms with Gasteiger partial charge in [-0.05, 0) is 0 Å². The third-order valence-corrected chi connectivity index (χ3v) is 2.39. The van der Waals surface area contributed by atoms with Gasteiger partial charge in [-0.25, -0.2) is 10.2 Å². The predicted molar refractivity (Wildman–Crippen MR) is 71.0 cm³/mol. The maximum Gasteiger partial charge on any atom is 0.332 e. The summed E-state index contributed by atoms with van der Waals surface area (Å²) in [6.07, 6.45) is 2.81. The van der Waals surface area contributed by atoms with E-state index in [9.17, 15) is 14.9 Å². The lowest BCUT2D eigenvalue weighted by molar-refractivity contribution is -0.384. The average Bonchev–Trinajstić information content (AvgIpc) is 2.87. The molecule has 0 saturated heterocycles. The van der Waals surface area contributed by atoms with E-state index in [0.29, 0.717) is 16.8 Å². The molecule has 0 aliphatic carbocycles. The monoisotopic (exact) mass is 274 g/mol. The summed E-state index contributed by atoms with van der Waals surface area (Å²) in [5.41, 5.74) is 8.57. The first kappa shape index (κ1) is 13.2. The van der Waals surface area contributed by atoms with Crippen molar-refractivity contribution in [3.05, 3.63) is 46.1 Å². The van der Waals surface area contributed by atoms with Crippen molar-refractivity contribution < 1.29 is 9.72 Å². The van der Waals surface area contributed by atoms with Gasteiger partial charge in [0.15, 0.2) is 0 Å². The van der Waals surface area contributed by atoms with E-state index < -0.39 is 11.0 Å². The Hall–Kier alpha value is -3.23. The number of primary amides is 1. The zero-order valence-electron chi connectivity index (χ0n) is 10.1. The largest absolute Gasteiger partial charge is 0.350 e. The van der Waals surface area contributed by atoms with Crippen LogP contribution in [0, 0.1) is 10.1 Å². The van der Waals surface area contributed by atoms with Crippen LogP contribution in [0.5, 0.6) is 0 Å². The van der Waals surface area contributed by atoms with Gasteiger partial charge in [0.05, 0.1) is 23.0 Å². The van der Waals surface area contributed by atoms with Crippen LogP contribution in [0.1, 0.15) is 5.56 Å². The molecule has 2 rings (SSSR count). The molecule has 102 valence electrons. The highest BCUT2D eigenvalue weighted by Gasteiger charge is 2.11. The first-order valence-corrected chi connectivity index (χ1v) is 5.44. The summed E-state index contributed by atoms with van der Waals surface area (Å²) in [5.74, 6) is 0. The molecule has 2 aromatic rings. The maximum atomic E-state index is 10.7. The van der Waals surface area contributed by atoms with Crippen molar-refractivity contribution >= 4 is 17.9 Å². The Labute approximate surface area is 112 Å². The number of urea groups is 1. The number of nitro groups is 1. The fraction of sp³-hybridized carbons (Fsp3) is 0. The third kappa shape index (κ3) is 2.96. The lowest BCUT2D eigenvalue weighted by atomic mass is 10.1. The molecule has 9 heteroatoms. The number of amides is 2. The van der Waals surface area contributed by atoms with E-state index >= 15 is 0 Å². The number of carbonyl (C=O) groups is 1. The second-order valence-electron chi connectivity index (χ2n) is 3.74. The number of hydrogen-bond donors (Lipinski definition) is 3. The highest BCUT2D eigenvalue weighted by Crippen LogP contribution is 2.24. The van der Waals surface area contributed by atoms with E-state index in [-0.39, 0.29) is 5.69 Å². The van der Waals surface area contributed by atoms with Crippen molar-refractivity contribution in [1.29, 1.82) is 0 Å². The van der Waals surface area contributed by atoms with E-state index in [1.54, 1.807) is 12.1 Å². The Morgan fingerprint density at radius 2 is 2.35 bits per heavy atom. The molecule has 0 radical (unpaired) electrons. The van der Waals surface area contributed by atoms with E-state index in [1.165, 1.54) is 24.5 Å². The number of aromatic nitrogens is 2. The molecule has 0 unspecified atom stereocenters. The van der Waals surface area contributed by atoms with Crippen LogP contribution in [0.3, 0.4) is 0 Å². The van der Waals surface area contributed by atoms with Crippen molar-refractivity contribution in [3.63, 3.8) is 0 Å². The summed E-state index contributed by atoms with van der Waals surface area (Å²) in [6, 6.07) is 5.27. The van der Waals surface area contributed by atoms with Crippen molar-refractivity contribution in [2.75, 3.05) is 0 Å². The first-order valence-electron chi connectivity index (χ1n) is 5.44. The van der Waals surface area contributed by atoms with Crippen LogP contribution < -0.4 is 11.2 Å². The number of non-ortho nitro benzene ring substituents is 1. The minimum atomic E-state index is -0.790. The second-order valence-corrected chi connectivity index (χ2v) is 3.74. The lowest BCUT2D eigenvalue weighted by Crippen LogP contribution is -2.24. The number of hydrogen-bond acceptors (Lipinski definition) is 5. The quantitative estimate of drug-likeness (QED) is 0.434. The Balaban J connectivity index is 2.32. The normalized spacial score (nSPS) is 10.6. The van der Waals surface area contributed by atoms with Gasteiger partial charge >= 0.3 is 6.03 Å². The maximum absolute atomic E-state index is 10.7. The van der Waals surface area contributed by atoms with Gasteiger partial charge in [-0.1, -0.05) is 12.1 Å². The van der Waals surface area contributed by atoms with Crippen LogP contribution in [0.2, 0.25) is 0 Å². The highest BCUT2D eigenvalue weighted by molar-refractivity contribution is 5.89. The smallest absolute Gasteiger partial charge is 0.332 e. The van der Waals surface area contributed by atoms with Crippen molar-refractivity contribution in [3.8, 4) is 11.3 Å². The van der Waals surface area contributed by atoms with Gasteiger partial charge in [0.25, 0.3) is 5.69 Å². The van der Waals surface area contributed by atoms with Gasteiger partial charge in [0.2, 0.25) is 0 Å². The summed E-state index contributed by atoms with van der Waals surface area (Å²) >= 11 is 0. The van der Waals surface area contributed by atoms with E-state index in [4.69, 9.17) is 5.73 Å². The minimum absolute atomic E-state index is 0.0322. The topological polar surface area (TPSA) is 139 Å². The minimum Gasteiger partial charge on any atom is -0.350 e. The van der Waals surface area contributed by atoms with Gasteiger partial charge < -0.3 is 5.73 Å². The highest BCUT2D eigenvalue weighted by atomic mass is 16.6. The molecule has 0 saturated carbocycles. The van der Waals surface area contributed by atoms with Gasteiger partial charge in [0, 0.05) is 23.3 Å². The summed E-state index contributed by atoms with van der Waals surface area (Å²) in [6.45, 7) is 0. The third-order valence-electron chi connectivity index (χ3n) is 2.39. The fourth-order valence-corrected chi connectivity index (χ4v) is 1.56. The fourth-order valence-electron chi connectivity index (χ4n) is 1.56. The molecular weight excluding hydrogens is 264 g/mol. The van der Waals surface area contributed by atoms with Gasteiger partial charge in [-0.15, -0.1) is 0 Å². The number of benzene rings is 1. The summed E-state index contributed by atoms with van der Waals surface area (Å²) in [7, 11) is 0. The number of rotatable bonds is 4. The second kappa shape index (κ2) is 5.61. The Morgan fingerprint density at radius 3 is 3.05 bits per heavy atom.